The first-order valence-electron chi connectivity index (χ1n) is 10.7. The summed E-state index contributed by atoms with van der Waals surface area (Å²) in [5, 5.41) is 17.0. The van der Waals surface area contributed by atoms with Gasteiger partial charge in [-0.05, 0) is 69.7 Å². The normalized spacial score (nSPS) is 18.6. The van der Waals surface area contributed by atoms with Crippen molar-refractivity contribution in [2.24, 2.45) is 11.8 Å². The number of anilines is 2. The Morgan fingerprint density at radius 3 is 2.26 bits per heavy atom. The van der Waals surface area contributed by atoms with Crippen LogP contribution in [-0.4, -0.2) is 38.7 Å². The highest BCUT2D eigenvalue weighted by molar-refractivity contribution is 6.01. The number of rotatable bonds is 6. The Kier molecular flexibility index (Phi) is 6.77. The van der Waals surface area contributed by atoms with E-state index in [1.807, 2.05) is 13.8 Å². The van der Waals surface area contributed by atoms with Gasteiger partial charge in [-0.25, -0.2) is 9.48 Å². The minimum atomic E-state index is -1.13. The minimum Gasteiger partial charge on any atom is -0.477 e. The largest absolute Gasteiger partial charge is 0.477 e. The number of aromatic carboxylic acids is 1. The van der Waals surface area contributed by atoms with Crippen LogP contribution in [0.1, 0.15) is 63.7 Å². The molecule has 0 spiro atoms. The monoisotopic (exact) mass is 426 g/mol. The van der Waals surface area contributed by atoms with E-state index in [0.29, 0.717) is 17.3 Å². The molecule has 2 N–H and O–H groups in total. The lowest BCUT2D eigenvalue weighted by Gasteiger charge is -2.32. The molecule has 166 valence electrons. The second kappa shape index (κ2) is 9.32. The van der Waals surface area contributed by atoms with Crippen molar-refractivity contribution in [1.29, 1.82) is 0 Å². The van der Waals surface area contributed by atoms with Crippen molar-refractivity contribution in [2.45, 2.75) is 59.4 Å². The van der Waals surface area contributed by atoms with E-state index in [9.17, 15) is 19.5 Å². The Morgan fingerprint density at radius 2 is 1.74 bits per heavy atom. The molecule has 1 aliphatic rings. The molecular formula is C23H30N4O4. The lowest BCUT2D eigenvalue weighted by molar-refractivity contribution is -0.124. The molecule has 8 nitrogen and oxygen atoms in total. The van der Waals surface area contributed by atoms with Gasteiger partial charge in [0.25, 0.3) is 0 Å². The number of amides is 2. The number of carbonyl (C=O) groups is 3. The summed E-state index contributed by atoms with van der Waals surface area (Å²) in [6.45, 7) is 7.37. The van der Waals surface area contributed by atoms with Crippen LogP contribution >= 0.6 is 0 Å². The second-order valence-corrected chi connectivity index (χ2v) is 8.60. The highest BCUT2D eigenvalue weighted by Crippen LogP contribution is 2.32. The Hall–Kier alpha value is -3.16. The summed E-state index contributed by atoms with van der Waals surface area (Å²) in [6.07, 6.45) is 5.07. The summed E-state index contributed by atoms with van der Waals surface area (Å²) in [5.41, 5.74) is 1.25. The summed E-state index contributed by atoms with van der Waals surface area (Å²) in [5.74, 6) is -0.696. The molecule has 1 saturated carbocycles. The van der Waals surface area contributed by atoms with Gasteiger partial charge in [0.2, 0.25) is 11.8 Å². The smallest absolute Gasteiger partial charge is 0.341 e. The lowest BCUT2D eigenvalue weighted by atomic mass is 9.82. The van der Waals surface area contributed by atoms with Gasteiger partial charge in [0.1, 0.15) is 5.56 Å². The highest BCUT2D eigenvalue weighted by atomic mass is 16.4. The summed E-state index contributed by atoms with van der Waals surface area (Å²) < 4.78 is 1.46. The number of hydrogen-bond donors (Lipinski definition) is 2. The number of benzene rings is 1. The van der Waals surface area contributed by atoms with E-state index in [0.717, 1.165) is 25.7 Å². The Balaban J connectivity index is 1.95. The molecule has 0 atom stereocenters. The molecule has 1 heterocycles. The van der Waals surface area contributed by atoms with Crippen LogP contribution < -0.4 is 10.2 Å². The van der Waals surface area contributed by atoms with Crippen molar-refractivity contribution >= 4 is 29.3 Å². The summed E-state index contributed by atoms with van der Waals surface area (Å²) in [7, 11) is 0. The van der Waals surface area contributed by atoms with Gasteiger partial charge < -0.3 is 10.4 Å². The average Bonchev–Trinajstić information content (AvgIpc) is 3.13. The molecule has 2 aromatic rings. The van der Waals surface area contributed by atoms with E-state index < -0.39 is 5.97 Å². The topological polar surface area (TPSA) is 105 Å². The fourth-order valence-electron chi connectivity index (χ4n) is 4.03. The number of nitrogens with zero attached hydrogens (tertiary/aromatic N) is 3. The quantitative estimate of drug-likeness (QED) is 0.724. The van der Waals surface area contributed by atoms with Gasteiger partial charge in [-0.3, -0.25) is 14.5 Å². The summed E-state index contributed by atoms with van der Waals surface area (Å²) in [6, 6.07) is 6.67. The molecule has 1 aliphatic carbocycles. The minimum absolute atomic E-state index is 0.0165. The van der Waals surface area contributed by atoms with Gasteiger partial charge in [-0.2, -0.15) is 0 Å². The zero-order valence-corrected chi connectivity index (χ0v) is 18.5. The number of carbonyl (C=O) groups excluding carboxylic acids is 2. The second-order valence-electron chi connectivity index (χ2n) is 8.60. The van der Waals surface area contributed by atoms with Crippen molar-refractivity contribution in [3.8, 4) is 5.69 Å². The molecule has 3 rings (SSSR count). The molecule has 31 heavy (non-hydrogen) atoms. The van der Waals surface area contributed by atoms with Crippen LogP contribution in [-0.2, 0) is 9.59 Å². The molecule has 0 saturated heterocycles. The molecule has 2 amide bonds. The number of carboxylic acids is 1. The van der Waals surface area contributed by atoms with Gasteiger partial charge in [0, 0.05) is 30.8 Å². The fourth-order valence-corrected chi connectivity index (χ4v) is 4.03. The van der Waals surface area contributed by atoms with Crippen LogP contribution in [0.2, 0.25) is 0 Å². The van der Waals surface area contributed by atoms with E-state index >= 15 is 0 Å². The third kappa shape index (κ3) is 5.13. The Morgan fingerprint density at radius 1 is 1.13 bits per heavy atom. The summed E-state index contributed by atoms with van der Waals surface area (Å²) >= 11 is 0. The van der Waals surface area contributed by atoms with E-state index in [-0.39, 0.29) is 35.2 Å². The number of aromatic nitrogens is 2. The maximum atomic E-state index is 13.4. The van der Waals surface area contributed by atoms with Gasteiger partial charge in [0.15, 0.2) is 5.82 Å². The van der Waals surface area contributed by atoms with Crippen LogP contribution in [0.3, 0.4) is 0 Å². The number of carboxylic acid groups (broad SMARTS) is 1. The average molecular weight is 427 g/mol. The predicted octanol–water partition coefficient (Wildman–Crippen LogP) is 4.10. The van der Waals surface area contributed by atoms with E-state index in [4.69, 9.17) is 0 Å². The lowest BCUT2D eigenvalue weighted by Crippen LogP contribution is -2.43. The van der Waals surface area contributed by atoms with Crippen molar-refractivity contribution in [3.05, 3.63) is 36.0 Å². The third-order valence-corrected chi connectivity index (χ3v) is 5.72. The summed E-state index contributed by atoms with van der Waals surface area (Å²) in [4.78, 5) is 38.1. The number of nitrogens with one attached hydrogen (secondary N) is 1. The van der Waals surface area contributed by atoms with Crippen LogP contribution in [0.25, 0.3) is 5.69 Å². The molecular weight excluding hydrogens is 396 g/mol. The van der Waals surface area contributed by atoms with Crippen molar-refractivity contribution in [1.82, 2.24) is 9.78 Å². The maximum absolute atomic E-state index is 13.4. The van der Waals surface area contributed by atoms with E-state index in [2.05, 4.69) is 17.3 Å². The Bertz CT molecular complexity index is 956. The van der Waals surface area contributed by atoms with Crippen molar-refractivity contribution < 1.29 is 19.5 Å². The zero-order valence-electron chi connectivity index (χ0n) is 18.5. The van der Waals surface area contributed by atoms with Gasteiger partial charge in [-0.1, -0.05) is 6.92 Å². The molecule has 0 bridgehead atoms. The molecule has 1 fully saturated rings. The predicted molar refractivity (Wildman–Crippen MR) is 119 cm³/mol. The molecule has 1 aromatic carbocycles. The van der Waals surface area contributed by atoms with Crippen molar-refractivity contribution in [2.75, 3.05) is 10.2 Å². The Labute approximate surface area is 182 Å². The van der Waals surface area contributed by atoms with Gasteiger partial charge >= 0.3 is 5.97 Å². The van der Waals surface area contributed by atoms with Gasteiger partial charge in [0.05, 0.1) is 5.69 Å². The van der Waals surface area contributed by atoms with Crippen LogP contribution in [0.4, 0.5) is 11.5 Å². The first kappa shape index (κ1) is 22.5. The SMILES string of the molecule is CC(=O)Nc1ccc(-n2cc(C(=O)O)c(N(C(=O)[C@H]3CC[C@H](C)CC3)C(C)C)n2)cc1. The molecule has 1 aromatic heterocycles. The molecule has 0 radical (unpaired) electrons. The van der Waals surface area contributed by atoms with E-state index in [1.54, 1.807) is 24.3 Å². The molecule has 0 unspecified atom stereocenters. The standard InChI is InChI=1S/C23H30N4O4/c1-14(2)27(22(29)17-7-5-15(3)6-8-17)21-20(23(30)31)13-26(25-21)19-11-9-18(10-12-19)24-16(4)28/h9-15,17H,5-8H2,1-4H3,(H,24,28)(H,30,31)/t15-,17-. The number of hydrogen-bond acceptors (Lipinski definition) is 4. The molecule has 0 aliphatic heterocycles. The van der Waals surface area contributed by atoms with Crippen molar-refractivity contribution in [3.63, 3.8) is 0 Å². The maximum Gasteiger partial charge on any atom is 0.341 e. The zero-order chi connectivity index (χ0) is 22.7. The van der Waals surface area contributed by atoms with Crippen LogP contribution in [0.15, 0.2) is 30.5 Å². The van der Waals surface area contributed by atoms with E-state index in [1.165, 1.54) is 22.7 Å². The van der Waals surface area contributed by atoms with Crippen LogP contribution in [0, 0.1) is 11.8 Å². The van der Waals surface area contributed by atoms with Gasteiger partial charge in [-0.15, -0.1) is 5.10 Å². The van der Waals surface area contributed by atoms with Crippen LogP contribution in [0.5, 0.6) is 0 Å². The third-order valence-electron chi connectivity index (χ3n) is 5.72. The fraction of sp³-hybridized carbons (Fsp3) is 0.478. The first-order valence-corrected chi connectivity index (χ1v) is 10.7. The first-order chi connectivity index (χ1) is 14.7. The highest BCUT2D eigenvalue weighted by Gasteiger charge is 2.34. The molecule has 8 heteroatoms.